The maximum absolute atomic E-state index is 12.1. The second kappa shape index (κ2) is 10.2. The molecule has 0 amide bonds. The number of nitrogens with zero attached hydrogens (tertiary/aromatic N) is 1. The first kappa shape index (κ1) is 26.8. The molecule has 2 heterocycles. The van der Waals surface area contributed by atoms with Crippen molar-refractivity contribution in [3.05, 3.63) is 32.6 Å². The fourth-order valence-corrected chi connectivity index (χ4v) is 5.65. The number of rotatable bonds is 10. The summed E-state index contributed by atoms with van der Waals surface area (Å²) in [4.78, 5) is 61.5. The van der Waals surface area contributed by atoms with Crippen LogP contribution in [0.1, 0.15) is 18.2 Å². The number of H-pyrrole nitrogens is 1. The molecule has 180 valence electrons. The van der Waals surface area contributed by atoms with Gasteiger partial charge in [0.1, 0.15) is 18.9 Å². The molecule has 2 rings (SSSR count). The summed E-state index contributed by atoms with van der Waals surface area (Å²) in [6.45, 7) is 0.446. The van der Waals surface area contributed by atoms with Crippen LogP contribution in [0.4, 0.5) is 0 Å². The smallest absolute Gasteiger partial charge is 0.363 e. The van der Waals surface area contributed by atoms with Crippen molar-refractivity contribution in [2.75, 3.05) is 13.2 Å². The van der Waals surface area contributed by atoms with Crippen molar-refractivity contribution in [1.29, 1.82) is 0 Å². The van der Waals surface area contributed by atoms with E-state index in [0.717, 1.165) is 4.57 Å². The van der Waals surface area contributed by atoms with Crippen LogP contribution in [0.25, 0.3) is 0 Å². The van der Waals surface area contributed by atoms with Crippen LogP contribution in [0.5, 0.6) is 0 Å². The molecule has 16 nitrogen and oxygen atoms in total. The van der Waals surface area contributed by atoms with Crippen LogP contribution in [0, 0.1) is 19.3 Å². The van der Waals surface area contributed by atoms with Gasteiger partial charge in [-0.1, -0.05) is 5.92 Å². The maximum Gasteiger partial charge on any atom is 0.490 e. The minimum Gasteiger partial charge on any atom is -0.363 e. The molecule has 0 bridgehead atoms. The summed E-state index contributed by atoms with van der Waals surface area (Å²) in [5.74, 6) is 2.20. The summed E-state index contributed by atoms with van der Waals surface area (Å²) < 4.78 is 57.7. The predicted octanol–water partition coefficient (Wildman–Crippen LogP) is -0.506. The third-order valence-corrected chi connectivity index (χ3v) is 7.64. The standard InChI is InChI=1S/C13H19N2O14P3/c1-3-4-25-9-5-11(15-6-8(2)12(16)14-13(15)17)27-10(9)7-26-31(21,22)29-32(23,24)28-30(18,19)20/h1,6,9-11H,4-5,7H2,2H3,(H,21,22)(H,23,24)(H,14,16,17)(H2,18,19,20)/t9?,10-,11-/m1/s1. The monoisotopic (exact) mass is 520 g/mol. The molecular formula is C13H19N2O14P3. The lowest BCUT2D eigenvalue weighted by Crippen LogP contribution is -2.33. The van der Waals surface area contributed by atoms with Crippen LogP contribution in [0.15, 0.2) is 15.8 Å². The van der Waals surface area contributed by atoms with Crippen molar-refractivity contribution < 1.29 is 55.9 Å². The van der Waals surface area contributed by atoms with Gasteiger partial charge in [-0.2, -0.15) is 8.62 Å². The van der Waals surface area contributed by atoms with Crippen molar-refractivity contribution in [1.82, 2.24) is 9.55 Å². The average Bonchev–Trinajstić information content (AvgIpc) is 3.01. The Bertz CT molecular complexity index is 1130. The third kappa shape index (κ3) is 7.86. The summed E-state index contributed by atoms with van der Waals surface area (Å²) in [5.41, 5.74) is -1.20. The molecule has 0 saturated carbocycles. The first-order valence-corrected chi connectivity index (χ1v) is 13.0. The van der Waals surface area contributed by atoms with Crippen molar-refractivity contribution in [2.24, 2.45) is 0 Å². The van der Waals surface area contributed by atoms with Crippen molar-refractivity contribution in [3.63, 3.8) is 0 Å². The van der Waals surface area contributed by atoms with Gasteiger partial charge in [-0.05, 0) is 6.92 Å². The Labute approximate surface area is 179 Å². The average molecular weight is 520 g/mol. The predicted molar refractivity (Wildman–Crippen MR) is 103 cm³/mol. The zero-order valence-corrected chi connectivity index (χ0v) is 18.9. The Balaban J connectivity index is 2.14. The van der Waals surface area contributed by atoms with E-state index >= 15 is 0 Å². The second-order valence-electron chi connectivity index (χ2n) is 6.28. The van der Waals surface area contributed by atoms with E-state index in [1.54, 1.807) is 0 Å². The number of phosphoric acid groups is 3. The molecule has 32 heavy (non-hydrogen) atoms. The first-order chi connectivity index (χ1) is 14.6. The molecular weight excluding hydrogens is 501 g/mol. The number of hydrogen-bond acceptors (Lipinski definition) is 10. The van der Waals surface area contributed by atoms with Gasteiger partial charge >= 0.3 is 29.2 Å². The van der Waals surface area contributed by atoms with Crippen LogP contribution < -0.4 is 11.2 Å². The van der Waals surface area contributed by atoms with Crippen LogP contribution >= 0.6 is 23.5 Å². The van der Waals surface area contributed by atoms with Gasteiger partial charge in [0.05, 0.1) is 12.7 Å². The number of aryl methyl sites for hydroxylation is 1. The second-order valence-corrected chi connectivity index (χ2v) is 10.7. The topological polar surface area (TPSA) is 233 Å². The van der Waals surface area contributed by atoms with E-state index < -0.39 is 59.8 Å². The Morgan fingerprint density at radius 1 is 1.22 bits per heavy atom. The summed E-state index contributed by atoms with van der Waals surface area (Å²) >= 11 is 0. The quantitative estimate of drug-likeness (QED) is 0.193. The normalized spacial score (nSPS) is 25.1. The molecule has 5 atom stereocenters. The van der Waals surface area contributed by atoms with E-state index in [1.165, 1.54) is 13.1 Å². The molecule has 0 aromatic carbocycles. The number of aromatic amines is 1. The highest BCUT2D eigenvalue weighted by atomic mass is 31.3. The zero-order valence-electron chi connectivity index (χ0n) is 16.2. The largest absolute Gasteiger partial charge is 0.490 e. The highest BCUT2D eigenvalue weighted by molar-refractivity contribution is 7.66. The number of terminal acetylenes is 1. The Morgan fingerprint density at radius 3 is 2.47 bits per heavy atom. The zero-order chi connectivity index (χ0) is 24.3. The molecule has 3 unspecified atom stereocenters. The van der Waals surface area contributed by atoms with Crippen LogP contribution in [0.2, 0.25) is 0 Å². The van der Waals surface area contributed by atoms with Crippen molar-refractivity contribution in [3.8, 4) is 12.3 Å². The highest BCUT2D eigenvalue weighted by Crippen LogP contribution is 2.66. The lowest BCUT2D eigenvalue weighted by molar-refractivity contribution is -0.0565. The van der Waals surface area contributed by atoms with Gasteiger partial charge in [0, 0.05) is 18.2 Å². The number of phosphoric ester groups is 1. The SMILES string of the molecule is C#CCOC1C[C@H](n2cc(C)c(=O)[nH]c2=O)O[C@@H]1COP(=O)(O)OP(=O)(O)OP(=O)(O)O. The van der Waals surface area contributed by atoms with Gasteiger partial charge in [0.15, 0.2) is 0 Å². The maximum atomic E-state index is 12.1. The molecule has 1 aliphatic rings. The number of ether oxygens (including phenoxy) is 2. The highest BCUT2D eigenvalue weighted by Gasteiger charge is 2.43. The summed E-state index contributed by atoms with van der Waals surface area (Å²) in [6.07, 6.45) is 3.32. The number of aromatic nitrogens is 2. The van der Waals surface area contributed by atoms with Gasteiger partial charge in [0.2, 0.25) is 0 Å². The number of hydrogen-bond donors (Lipinski definition) is 5. The third-order valence-electron chi connectivity index (χ3n) is 3.84. The minimum absolute atomic E-state index is 0.00248. The molecule has 5 N–H and O–H groups in total. The van der Waals surface area contributed by atoms with Gasteiger partial charge in [-0.3, -0.25) is 18.9 Å². The molecule has 0 radical (unpaired) electrons. The van der Waals surface area contributed by atoms with E-state index in [9.17, 15) is 33.1 Å². The van der Waals surface area contributed by atoms with E-state index in [2.05, 4.69) is 24.0 Å². The molecule has 0 spiro atoms. The summed E-state index contributed by atoms with van der Waals surface area (Å²) in [5, 5.41) is 0. The van der Waals surface area contributed by atoms with Gasteiger partial charge < -0.3 is 29.0 Å². The van der Waals surface area contributed by atoms with E-state index in [1.807, 2.05) is 0 Å². The van der Waals surface area contributed by atoms with Crippen LogP contribution in [0.3, 0.4) is 0 Å². The van der Waals surface area contributed by atoms with E-state index in [0.29, 0.717) is 0 Å². The van der Waals surface area contributed by atoms with Crippen molar-refractivity contribution >= 4 is 23.5 Å². The van der Waals surface area contributed by atoms with Gasteiger partial charge in [-0.15, -0.1) is 6.42 Å². The lowest BCUT2D eigenvalue weighted by atomic mass is 10.2. The number of nitrogens with one attached hydrogen (secondary N) is 1. The molecule has 1 fully saturated rings. The van der Waals surface area contributed by atoms with E-state index in [4.69, 9.17) is 25.7 Å². The van der Waals surface area contributed by atoms with E-state index in [-0.39, 0.29) is 18.6 Å². The first-order valence-electron chi connectivity index (χ1n) is 8.43. The molecule has 1 aromatic heterocycles. The Hall–Kier alpha value is -1.43. The summed E-state index contributed by atoms with van der Waals surface area (Å²) in [7, 11) is -16.6. The Morgan fingerprint density at radius 2 is 1.88 bits per heavy atom. The fraction of sp³-hybridized carbons (Fsp3) is 0.538. The molecule has 1 saturated heterocycles. The van der Waals surface area contributed by atoms with Crippen LogP contribution in [-0.4, -0.2) is 54.5 Å². The van der Waals surface area contributed by atoms with Crippen molar-refractivity contribution in [2.45, 2.75) is 31.8 Å². The van der Waals surface area contributed by atoms with Crippen LogP contribution in [-0.2, 0) is 36.3 Å². The van der Waals surface area contributed by atoms with Gasteiger partial charge in [0.25, 0.3) is 5.56 Å². The molecule has 1 aromatic rings. The minimum atomic E-state index is -5.69. The fourth-order valence-electron chi connectivity index (χ4n) is 2.62. The summed E-state index contributed by atoms with van der Waals surface area (Å²) in [6, 6.07) is 0. The molecule has 1 aliphatic heterocycles. The lowest BCUT2D eigenvalue weighted by Gasteiger charge is -2.20. The molecule has 0 aliphatic carbocycles. The van der Waals surface area contributed by atoms with Gasteiger partial charge in [-0.25, -0.2) is 18.5 Å². The Kier molecular flexibility index (Phi) is 8.58. The molecule has 19 heteroatoms.